The number of benzene rings is 1. The van der Waals surface area contributed by atoms with E-state index in [4.69, 9.17) is 0 Å². The molecule has 2 rings (SSSR count). The fraction of sp³-hybridized carbons (Fsp3) is 0.538. The molecule has 1 atom stereocenters. The summed E-state index contributed by atoms with van der Waals surface area (Å²) in [5.74, 6) is 1.66. The van der Waals surface area contributed by atoms with Crippen molar-refractivity contribution < 1.29 is 4.21 Å². The Labute approximate surface area is 106 Å². The molecule has 1 N–H and O–H groups in total. The highest BCUT2D eigenvalue weighted by Gasteiger charge is 2.19. The minimum absolute atomic E-state index is 0.493. The van der Waals surface area contributed by atoms with Crippen LogP contribution >= 0.6 is 0 Å². The molecule has 3 nitrogen and oxygen atoms in total. The summed E-state index contributed by atoms with van der Waals surface area (Å²) in [6.07, 6.45) is 0. The Bertz CT molecular complexity index is 359. The second-order valence-electron chi connectivity index (χ2n) is 4.48. The first kappa shape index (κ1) is 12.6. The van der Waals surface area contributed by atoms with Gasteiger partial charge >= 0.3 is 0 Å². The molecule has 1 fully saturated rings. The molecule has 0 aliphatic carbocycles. The molecule has 17 heavy (non-hydrogen) atoms. The Morgan fingerprint density at radius 2 is 1.94 bits per heavy atom. The second kappa shape index (κ2) is 6.17. The number of para-hydroxylation sites is 1. The Balaban J connectivity index is 1.77. The van der Waals surface area contributed by atoms with Crippen molar-refractivity contribution in [2.24, 2.45) is 0 Å². The smallest absolute Gasteiger partial charge is 0.0363 e. The van der Waals surface area contributed by atoms with Crippen LogP contribution in [0, 0.1) is 0 Å². The van der Waals surface area contributed by atoms with Gasteiger partial charge in [-0.1, -0.05) is 18.2 Å². The predicted octanol–water partition coefficient (Wildman–Crippen LogP) is 1.55. The summed E-state index contributed by atoms with van der Waals surface area (Å²) >= 11 is 0. The molecular formula is C13H20N2OS. The summed E-state index contributed by atoms with van der Waals surface area (Å²) in [6.45, 7) is 5.09. The van der Waals surface area contributed by atoms with Gasteiger partial charge in [0.05, 0.1) is 0 Å². The maximum atomic E-state index is 11.3. The van der Waals surface area contributed by atoms with Crippen LogP contribution in [-0.4, -0.2) is 46.3 Å². The average molecular weight is 252 g/mol. The van der Waals surface area contributed by atoms with Gasteiger partial charge in [-0.05, 0) is 19.1 Å². The molecule has 0 radical (unpaired) electrons. The van der Waals surface area contributed by atoms with Gasteiger partial charge in [-0.2, -0.15) is 0 Å². The maximum Gasteiger partial charge on any atom is 0.0363 e. The Morgan fingerprint density at radius 3 is 2.59 bits per heavy atom. The summed E-state index contributed by atoms with van der Waals surface area (Å²) in [5.41, 5.74) is 1.17. The van der Waals surface area contributed by atoms with E-state index in [0.717, 1.165) is 31.1 Å². The van der Waals surface area contributed by atoms with Crippen LogP contribution in [0.25, 0.3) is 0 Å². The Hall–Kier alpha value is -0.870. The molecule has 4 heteroatoms. The zero-order chi connectivity index (χ0) is 12.1. The molecular weight excluding hydrogens is 232 g/mol. The van der Waals surface area contributed by atoms with E-state index in [1.165, 1.54) is 5.69 Å². The van der Waals surface area contributed by atoms with Crippen molar-refractivity contribution in [2.75, 3.05) is 36.5 Å². The lowest BCUT2D eigenvalue weighted by atomic mass is 10.2. The fourth-order valence-electron chi connectivity index (χ4n) is 2.04. The average Bonchev–Trinajstić information content (AvgIpc) is 2.38. The van der Waals surface area contributed by atoms with E-state index in [-0.39, 0.29) is 0 Å². The first-order chi connectivity index (χ1) is 8.25. The van der Waals surface area contributed by atoms with Gasteiger partial charge in [0.25, 0.3) is 0 Å². The molecule has 1 aliphatic heterocycles. The van der Waals surface area contributed by atoms with Crippen LogP contribution in [0.2, 0.25) is 0 Å². The highest BCUT2D eigenvalue weighted by Crippen LogP contribution is 2.09. The highest BCUT2D eigenvalue weighted by molar-refractivity contribution is 7.85. The third-order valence-corrected chi connectivity index (χ3v) is 4.49. The van der Waals surface area contributed by atoms with E-state index in [2.05, 4.69) is 29.3 Å². The molecule has 0 spiro atoms. The molecule has 0 bridgehead atoms. The van der Waals surface area contributed by atoms with Crippen LogP contribution in [0.1, 0.15) is 6.92 Å². The predicted molar refractivity (Wildman–Crippen MR) is 73.8 cm³/mol. The van der Waals surface area contributed by atoms with Crippen LogP contribution in [0.5, 0.6) is 0 Å². The van der Waals surface area contributed by atoms with Gasteiger partial charge in [-0.25, -0.2) is 0 Å². The summed E-state index contributed by atoms with van der Waals surface area (Å²) in [6, 6.07) is 10.8. The number of anilines is 1. The highest BCUT2D eigenvalue weighted by atomic mass is 32.2. The van der Waals surface area contributed by atoms with E-state index in [1.54, 1.807) is 0 Å². The molecule has 1 aromatic rings. The quantitative estimate of drug-likeness (QED) is 0.882. The third kappa shape index (κ3) is 3.82. The molecule has 94 valence electrons. The van der Waals surface area contributed by atoms with Gasteiger partial charge in [-0.3, -0.25) is 9.11 Å². The summed E-state index contributed by atoms with van der Waals surface area (Å²) in [4.78, 5) is 2.41. The molecule has 1 aliphatic rings. The standard InChI is InChI=1S/C13H20N2OS/c1-12(15-7-9-17(16)10-8-15)11-14-13-5-3-2-4-6-13/h2-6,12,14H,7-11H2,1H3. The second-order valence-corrected chi connectivity index (χ2v) is 6.18. The number of hydrogen-bond donors (Lipinski definition) is 1. The zero-order valence-electron chi connectivity index (χ0n) is 10.3. The molecule has 0 aromatic heterocycles. The van der Waals surface area contributed by atoms with Crippen molar-refractivity contribution in [1.82, 2.24) is 4.90 Å². The van der Waals surface area contributed by atoms with Gasteiger partial charge in [0, 0.05) is 53.7 Å². The third-order valence-electron chi connectivity index (χ3n) is 3.21. The monoisotopic (exact) mass is 252 g/mol. The first-order valence-corrected chi connectivity index (χ1v) is 7.62. The van der Waals surface area contributed by atoms with Crippen LogP contribution < -0.4 is 5.32 Å². The van der Waals surface area contributed by atoms with Crippen molar-refractivity contribution in [3.63, 3.8) is 0 Å². The van der Waals surface area contributed by atoms with Crippen molar-refractivity contribution >= 4 is 16.5 Å². The zero-order valence-corrected chi connectivity index (χ0v) is 11.1. The van der Waals surface area contributed by atoms with Crippen molar-refractivity contribution in [3.05, 3.63) is 30.3 Å². The van der Waals surface area contributed by atoms with Gasteiger partial charge in [0.15, 0.2) is 0 Å². The number of nitrogens with one attached hydrogen (secondary N) is 1. The summed E-state index contributed by atoms with van der Waals surface area (Å²) in [5, 5.41) is 3.44. The molecule has 1 aromatic carbocycles. The Morgan fingerprint density at radius 1 is 1.29 bits per heavy atom. The summed E-state index contributed by atoms with van der Waals surface area (Å²) in [7, 11) is -0.579. The van der Waals surface area contributed by atoms with Crippen LogP contribution in [-0.2, 0) is 10.8 Å². The lowest BCUT2D eigenvalue weighted by Gasteiger charge is -2.32. The largest absolute Gasteiger partial charge is 0.383 e. The Kier molecular flexibility index (Phi) is 4.57. The van der Waals surface area contributed by atoms with Gasteiger partial charge < -0.3 is 5.32 Å². The molecule has 0 amide bonds. The minimum Gasteiger partial charge on any atom is -0.383 e. The molecule has 1 saturated heterocycles. The van der Waals surface area contributed by atoms with Crippen LogP contribution in [0.15, 0.2) is 30.3 Å². The molecule has 1 unspecified atom stereocenters. The van der Waals surface area contributed by atoms with Gasteiger partial charge in [0.1, 0.15) is 0 Å². The van der Waals surface area contributed by atoms with Gasteiger partial charge in [-0.15, -0.1) is 0 Å². The SMILES string of the molecule is CC(CNc1ccccc1)N1CCS(=O)CC1. The maximum absolute atomic E-state index is 11.3. The van der Waals surface area contributed by atoms with Crippen molar-refractivity contribution in [2.45, 2.75) is 13.0 Å². The topological polar surface area (TPSA) is 32.3 Å². The number of rotatable bonds is 4. The fourth-order valence-corrected chi connectivity index (χ4v) is 3.12. The number of nitrogens with zero attached hydrogens (tertiary/aromatic N) is 1. The van der Waals surface area contributed by atoms with E-state index < -0.39 is 10.8 Å². The number of hydrogen-bond acceptors (Lipinski definition) is 3. The normalized spacial score (nSPS) is 20.1. The van der Waals surface area contributed by atoms with E-state index in [0.29, 0.717) is 6.04 Å². The summed E-state index contributed by atoms with van der Waals surface area (Å²) < 4.78 is 11.3. The van der Waals surface area contributed by atoms with E-state index in [1.807, 2.05) is 18.2 Å². The lowest BCUT2D eigenvalue weighted by Crippen LogP contribution is -2.45. The minimum atomic E-state index is -0.579. The van der Waals surface area contributed by atoms with Crippen LogP contribution in [0.3, 0.4) is 0 Å². The van der Waals surface area contributed by atoms with Crippen molar-refractivity contribution in [1.29, 1.82) is 0 Å². The first-order valence-electron chi connectivity index (χ1n) is 6.13. The van der Waals surface area contributed by atoms with Crippen molar-refractivity contribution in [3.8, 4) is 0 Å². The van der Waals surface area contributed by atoms with Gasteiger partial charge in [0.2, 0.25) is 0 Å². The lowest BCUT2D eigenvalue weighted by molar-refractivity contribution is 0.237. The van der Waals surface area contributed by atoms with E-state index >= 15 is 0 Å². The molecule has 0 saturated carbocycles. The van der Waals surface area contributed by atoms with Crippen LogP contribution in [0.4, 0.5) is 5.69 Å². The molecule has 1 heterocycles. The van der Waals surface area contributed by atoms with E-state index in [9.17, 15) is 4.21 Å².